The Bertz CT molecular complexity index is 660. The number of benzene rings is 1. The zero-order chi connectivity index (χ0) is 12.5. The van der Waals surface area contributed by atoms with E-state index in [1.54, 1.807) is 6.07 Å². The molecule has 2 rings (SSSR count). The highest BCUT2D eigenvalue weighted by atomic mass is 32.2. The topological polar surface area (TPSA) is 100 Å². The molecule has 0 spiro atoms. The number of nitrogens with zero attached hydrogens (tertiary/aromatic N) is 1. The van der Waals surface area contributed by atoms with E-state index in [4.69, 9.17) is 5.11 Å². The Morgan fingerprint density at radius 3 is 2.88 bits per heavy atom. The third kappa shape index (κ3) is 2.44. The summed E-state index contributed by atoms with van der Waals surface area (Å²) in [6.07, 6.45) is 1.07. The Morgan fingerprint density at radius 2 is 2.18 bits per heavy atom. The molecular formula is C10H10N2O4S. The van der Waals surface area contributed by atoms with Crippen LogP contribution in [0, 0.1) is 0 Å². The molecule has 0 radical (unpaired) electrons. The zero-order valence-electron chi connectivity index (χ0n) is 8.75. The van der Waals surface area contributed by atoms with Crippen molar-refractivity contribution in [1.29, 1.82) is 0 Å². The lowest BCUT2D eigenvalue weighted by molar-refractivity contribution is -0.136. The second-order valence-electron chi connectivity index (χ2n) is 3.54. The van der Waals surface area contributed by atoms with Gasteiger partial charge in [0, 0.05) is 0 Å². The molecule has 0 atom stereocenters. The van der Waals surface area contributed by atoms with Gasteiger partial charge in [0.15, 0.2) is 9.84 Å². The van der Waals surface area contributed by atoms with E-state index in [0.29, 0.717) is 11.0 Å². The number of carbonyl (C=O) groups is 1. The van der Waals surface area contributed by atoms with E-state index < -0.39 is 28.0 Å². The molecule has 6 nitrogen and oxygen atoms in total. The number of sulfone groups is 1. The second-order valence-corrected chi connectivity index (χ2v) is 5.65. The molecule has 1 aromatic carbocycles. The number of rotatable bonds is 4. The number of carboxylic acid groups (broad SMARTS) is 1. The SMILES string of the molecule is O=C(O)CCS(=O)(=O)c1ccc2nc[nH]c2c1. The highest BCUT2D eigenvalue weighted by molar-refractivity contribution is 7.91. The molecular weight excluding hydrogens is 244 g/mol. The Labute approximate surface area is 97.2 Å². The first-order valence-electron chi connectivity index (χ1n) is 4.87. The number of imidazole rings is 1. The predicted molar refractivity (Wildman–Crippen MR) is 60.4 cm³/mol. The smallest absolute Gasteiger partial charge is 0.304 e. The molecule has 2 aromatic rings. The van der Waals surface area contributed by atoms with E-state index in [1.165, 1.54) is 18.5 Å². The fraction of sp³-hybridized carbons (Fsp3) is 0.200. The van der Waals surface area contributed by atoms with Crippen molar-refractivity contribution in [3.05, 3.63) is 24.5 Å². The van der Waals surface area contributed by atoms with Crippen molar-refractivity contribution in [3.63, 3.8) is 0 Å². The number of hydrogen-bond donors (Lipinski definition) is 2. The van der Waals surface area contributed by atoms with Gasteiger partial charge in [-0.1, -0.05) is 0 Å². The molecule has 1 heterocycles. The van der Waals surface area contributed by atoms with Gasteiger partial charge in [-0.15, -0.1) is 0 Å². The summed E-state index contributed by atoms with van der Waals surface area (Å²) in [5.41, 5.74) is 1.28. The molecule has 0 unspecified atom stereocenters. The summed E-state index contributed by atoms with van der Waals surface area (Å²) in [6.45, 7) is 0. The molecule has 0 amide bonds. The standard InChI is InChI=1S/C10H10N2O4S/c13-10(14)3-4-17(15,16)7-1-2-8-9(5-7)12-6-11-8/h1-2,5-6H,3-4H2,(H,11,12)(H,13,14). The first-order valence-corrected chi connectivity index (χ1v) is 6.52. The molecule has 0 fully saturated rings. The lowest BCUT2D eigenvalue weighted by Crippen LogP contribution is -2.10. The summed E-state index contributed by atoms with van der Waals surface area (Å²) in [5, 5.41) is 8.48. The molecule has 1 aromatic heterocycles. The highest BCUT2D eigenvalue weighted by Gasteiger charge is 2.16. The van der Waals surface area contributed by atoms with Gasteiger partial charge in [0.1, 0.15) is 0 Å². The Balaban J connectivity index is 2.34. The number of aromatic amines is 1. The van der Waals surface area contributed by atoms with Crippen LogP contribution in [0.1, 0.15) is 6.42 Å². The van der Waals surface area contributed by atoms with Crippen LogP contribution in [-0.4, -0.2) is 35.2 Å². The maximum absolute atomic E-state index is 11.8. The van der Waals surface area contributed by atoms with Crippen LogP contribution in [0.5, 0.6) is 0 Å². The van der Waals surface area contributed by atoms with Gasteiger partial charge in [-0.2, -0.15) is 0 Å². The monoisotopic (exact) mass is 254 g/mol. The third-order valence-electron chi connectivity index (χ3n) is 2.34. The van der Waals surface area contributed by atoms with Crippen LogP contribution in [0.15, 0.2) is 29.4 Å². The molecule has 0 saturated heterocycles. The van der Waals surface area contributed by atoms with Crippen molar-refractivity contribution in [1.82, 2.24) is 9.97 Å². The largest absolute Gasteiger partial charge is 0.481 e. The van der Waals surface area contributed by atoms with Gasteiger partial charge in [-0.05, 0) is 18.2 Å². The van der Waals surface area contributed by atoms with E-state index in [1.807, 2.05) is 0 Å². The van der Waals surface area contributed by atoms with Gasteiger partial charge >= 0.3 is 5.97 Å². The molecule has 0 bridgehead atoms. The van der Waals surface area contributed by atoms with Crippen molar-refractivity contribution in [3.8, 4) is 0 Å². The summed E-state index contributed by atoms with van der Waals surface area (Å²) < 4.78 is 23.6. The summed E-state index contributed by atoms with van der Waals surface area (Å²) in [4.78, 5) is 17.3. The number of H-pyrrole nitrogens is 1. The Morgan fingerprint density at radius 1 is 1.41 bits per heavy atom. The minimum atomic E-state index is -3.55. The van der Waals surface area contributed by atoms with Crippen molar-refractivity contribution in [2.75, 3.05) is 5.75 Å². The molecule has 0 aliphatic heterocycles. The van der Waals surface area contributed by atoms with E-state index in [-0.39, 0.29) is 4.90 Å². The van der Waals surface area contributed by atoms with Crippen LogP contribution in [0.4, 0.5) is 0 Å². The van der Waals surface area contributed by atoms with Crippen LogP contribution in [0.2, 0.25) is 0 Å². The number of hydrogen-bond acceptors (Lipinski definition) is 4. The van der Waals surface area contributed by atoms with Gasteiger partial charge in [0.25, 0.3) is 0 Å². The minimum Gasteiger partial charge on any atom is -0.481 e. The van der Waals surface area contributed by atoms with Gasteiger partial charge in [-0.25, -0.2) is 13.4 Å². The van der Waals surface area contributed by atoms with Gasteiger partial charge in [0.05, 0.1) is 34.4 Å². The highest BCUT2D eigenvalue weighted by Crippen LogP contribution is 2.17. The lowest BCUT2D eigenvalue weighted by Gasteiger charge is -2.02. The number of carboxylic acids is 1. The molecule has 0 aliphatic rings. The normalized spacial score (nSPS) is 11.8. The number of nitrogens with one attached hydrogen (secondary N) is 1. The van der Waals surface area contributed by atoms with Crippen LogP contribution in [0.3, 0.4) is 0 Å². The average Bonchev–Trinajstić information content (AvgIpc) is 2.73. The first kappa shape index (κ1) is 11.6. The maximum Gasteiger partial charge on any atom is 0.304 e. The van der Waals surface area contributed by atoms with Gasteiger partial charge in [-0.3, -0.25) is 4.79 Å². The van der Waals surface area contributed by atoms with E-state index in [0.717, 1.165) is 0 Å². The molecule has 17 heavy (non-hydrogen) atoms. The van der Waals surface area contributed by atoms with Crippen LogP contribution < -0.4 is 0 Å². The van der Waals surface area contributed by atoms with Crippen LogP contribution in [0.25, 0.3) is 11.0 Å². The quantitative estimate of drug-likeness (QED) is 0.841. The number of aliphatic carboxylic acids is 1. The number of aromatic nitrogens is 2. The van der Waals surface area contributed by atoms with E-state index in [2.05, 4.69) is 9.97 Å². The Kier molecular flexibility index (Phi) is 2.84. The average molecular weight is 254 g/mol. The molecule has 7 heteroatoms. The van der Waals surface area contributed by atoms with Crippen molar-refractivity contribution in [2.45, 2.75) is 11.3 Å². The summed E-state index contributed by atoms with van der Waals surface area (Å²) in [6, 6.07) is 4.47. The minimum absolute atomic E-state index is 0.107. The molecule has 0 aliphatic carbocycles. The van der Waals surface area contributed by atoms with Gasteiger partial charge in [0.2, 0.25) is 0 Å². The van der Waals surface area contributed by atoms with Crippen LogP contribution >= 0.6 is 0 Å². The zero-order valence-corrected chi connectivity index (χ0v) is 9.57. The van der Waals surface area contributed by atoms with Gasteiger partial charge < -0.3 is 10.1 Å². The summed E-state index contributed by atoms with van der Waals surface area (Å²) >= 11 is 0. The molecule has 2 N–H and O–H groups in total. The van der Waals surface area contributed by atoms with Crippen LogP contribution in [-0.2, 0) is 14.6 Å². The number of fused-ring (bicyclic) bond motifs is 1. The molecule has 0 saturated carbocycles. The van der Waals surface area contributed by atoms with Crippen molar-refractivity contribution < 1.29 is 18.3 Å². The fourth-order valence-corrected chi connectivity index (χ4v) is 2.70. The first-order chi connectivity index (χ1) is 7.99. The Hall–Kier alpha value is -1.89. The summed E-state index contributed by atoms with van der Waals surface area (Å²) in [5.74, 6) is -1.53. The van der Waals surface area contributed by atoms with E-state index in [9.17, 15) is 13.2 Å². The van der Waals surface area contributed by atoms with Crippen molar-refractivity contribution in [2.24, 2.45) is 0 Å². The second kappa shape index (κ2) is 4.17. The molecule has 90 valence electrons. The lowest BCUT2D eigenvalue weighted by atomic mass is 10.3. The maximum atomic E-state index is 11.8. The predicted octanol–water partition coefficient (Wildman–Crippen LogP) is 0.811. The van der Waals surface area contributed by atoms with Crippen molar-refractivity contribution >= 4 is 26.8 Å². The van der Waals surface area contributed by atoms with E-state index >= 15 is 0 Å². The summed E-state index contributed by atoms with van der Waals surface area (Å²) in [7, 11) is -3.55. The fourth-order valence-electron chi connectivity index (χ4n) is 1.45. The third-order valence-corrected chi connectivity index (χ3v) is 4.05.